The van der Waals surface area contributed by atoms with E-state index in [1.807, 2.05) is 78.1 Å². The van der Waals surface area contributed by atoms with Crippen molar-refractivity contribution in [2.24, 2.45) is 0 Å². The van der Waals surface area contributed by atoms with Gasteiger partial charge >= 0.3 is 0 Å². The predicted molar refractivity (Wildman–Crippen MR) is 86.0 cm³/mol. The highest BCUT2D eigenvalue weighted by Gasteiger charge is 1.99. The van der Waals surface area contributed by atoms with E-state index in [0.717, 1.165) is 16.9 Å². The molecule has 1 aromatic carbocycles. The van der Waals surface area contributed by atoms with Crippen LogP contribution in [0.4, 0.5) is 11.6 Å². The van der Waals surface area contributed by atoms with Gasteiger partial charge in [0.2, 0.25) is 5.95 Å². The summed E-state index contributed by atoms with van der Waals surface area (Å²) in [6, 6.07) is 9.90. The van der Waals surface area contributed by atoms with Crippen LogP contribution in [0.15, 0.2) is 36.5 Å². The number of anilines is 2. The number of aromatic nitrogens is 2. The van der Waals surface area contributed by atoms with Crippen molar-refractivity contribution in [2.75, 3.05) is 5.32 Å². The second-order valence-electron chi connectivity index (χ2n) is 3.45. The molecule has 0 bridgehead atoms. The largest absolute Gasteiger partial charge is 0.324 e. The number of para-hydroxylation sites is 1. The Hall–Kier alpha value is -1.90. The summed E-state index contributed by atoms with van der Waals surface area (Å²) in [7, 11) is 0. The second kappa shape index (κ2) is 10.1. The highest BCUT2D eigenvalue weighted by atomic mass is 15.1. The van der Waals surface area contributed by atoms with Crippen molar-refractivity contribution in [1.29, 1.82) is 0 Å². The molecule has 0 saturated carbocycles. The highest BCUT2D eigenvalue weighted by molar-refractivity contribution is 5.52. The Labute approximate surface area is 118 Å². The topological polar surface area (TPSA) is 37.8 Å². The Bertz CT molecular complexity index is 459. The molecule has 2 aromatic rings. The van der Waals surface area contributed by atoms with E-state index in [-0.39, 0.29) is 1.43 Å². The zero-order valence-electron chi connectivity index (χ0n) is 12.9. The lowest BCUT2D eigenvalue weighted by atomic mass is 10.3. The normalized spacial score (nSPS) is 8.53. The molecule has 0 spiro atoms. The van der Waals surface area contributed by atoms with Crippen LogP contribution in [0.1, 0.15) is 40.4 Å². The molecule has 106 valence electrons. The molecule has 0 radical (unpaired) electrons. The van der Waals surface area contributed by atoms with Crippen LogP contribution in [0.25, 0.3) is 0 Å². The van der Waals surface area contributed by atoms with Gasteiger partial charge in [-0.2, -0.15) is 0 Å². The molecule has 19 heavy (non-hydrogen) atoms. The Morgan fingerprint density at radius 3 is 2.05 bits per heavy atom. The van der Waals surface area contributed by atoms with Gasteiger partial charge < -0.3 is 5.32 Å². The van der Waals surface area contributed by atoms with Gasteiger partial charge in [0.05, 0.1) is 0 Å². The lowest BCUT2D eigenvalue weighted by Gasteiger charge is -2.05. The van der Waals surface area contributed by atoms with Gasteiger partial charge in [-0.05, 0) is 31.5 Å². The maximum Gasteiger partial charge on any atom is 0.227 e. The van der Waals surface area contributed by atoms with Gasteiger partial charge in [0.15, 0.2) is 0 Å². The van der Waals surface area contributed by atoms with E-state index in [1.54, 1.807) is 0 Å². The molecular weight excluding hydrogens is 234 g/mol. The maximum absolute atomic E-state index is 4.35. The molecule has 3 nitrogen and oxygen atoms in total. The second-order valence-corrected chi connectivity index (χ2v) is 3.45. The van der Waals surface area contributed by atoms with Crippen LogP contribution in [0.3, 0.4) is 0 Å². The molecule has 0 aliphatic carbocycles. The quantitative estimate of drug-likeness (QED) is 0.813. The van der Waals surface area contributed by atoms with E-state index in [9.17, 15) is 0 Å². The van der Waals surface area contributed by atoms with Crippen LogP contribution in [0, 0.1) is 13.8 Å². The summed E-state index contributed by atoms with van der Waals surface area (Å²) in [4.78, 5) is 8.56. The van der Waals surface area contributed by atoms with Gasteiger partial charge in [-0.1, -0.05) is 45.9 Å². The zero-order valence-corrected chi connectivity index (χ0v) is 12.9. The summed E-state index contributed by atoms with van der Waals surface area (Å²) >= 11 is 0. The van der Waals surface area contributed by atoms with E-state index in [0.29, 0.717) is 5.95 Å². The highest BCUT2D eigenvalue weighted by Crippen LogP contribution is 2.12. The predicted octanol–water partition coefficient (Wildman–Crippen LogP) is 5.14. The molecule has 3 heteroatoms. The summed E-state index contributed by atoms with van der Waals surface area (Å²) in [6.45, 7) is 12.0. The average molecular weight is 261 g/mol. The SMILES string of the molecule is CC.CC.Cc1cnc(Nc2ccccc2)nc1C.[HH]. The number of nitrogens with zero attached hydrogens (tertiary/aromatic N) is 2. The zero-order chi connectivity index (χ0) is 14.7. The monoisotopic (exact) mass is 261 g/mol. The number of aryl methyl sites for hydroxylation is 2. The molecule has 0 saturated heterocycles. The fraction of sp³-hybridized carbons (Fsp3) is 0.375. The van der Waals surface area contributed by atoms with Gasteiger partial charge in [-0.15, -0.1) is 0 Å². The minimum absolute atomic E-state index is 0. The fourth-order valence-electron chi connectivity index (χ4n) is 1.24. The number of hydrogen-bond acceptors (Lipinski definition) is 3. The molecule has 0 unspecified atom stereocenters. The average Bonchev–Trinajstić information content (AvgIpc) is 2.48. The van der Waals surface area contributed by atoms with E-state index in [2.05, 4.69) is 15.3 Å². The number of rotatable bonds is 2. The summed E-state index contributed by atoms with van der Waals surface area (Å²) in [5, 5.41) is 3.15. The smallest absolute Gasteiger partial charge is 0.227 e. The first-order chi connectivity index (χ1) is 9.25. The first-order valence-electron chi connectivity index (χ1n) is 6.88. The van der Waals surface area contributed by atoms with E-state index in [1.165, 1.54) is 0 Å². The van der Waals surface area contributed by atoms with Crippen molar-refractivity contribution in [3.63, 3.8) is 0 Å². The van der Waals surface area contributed by atoms with Crippen LogP contribution < -0.4 is 5.32 Å². The fourth-order valence-corrected chi connectivity index (χ4v) is 1.24. The van der Waals surface area contributed by atoms with Crippen LogP contribution >= 0.6 is 0 Å². The lowest BCUT2D eigenvalue weighted by Crippen LogP contribution is -1.99. The van der Waals surface area contributed by atoms with Gasteiger partial charge in [-0.25, -0.2) is 9.97 Å². The van der Waals surface area contributed by atoms with E-state index in [4.69, 9.17) is 0 Å². The standard InChI is InChI=1S/C12H13N3.2C2H6.H2/c1-9-8-13-12(14-10(9)2)15-11-6-4-3-5-7-11;2*1-2;/h3-8H,1-2H3,(H,13,14,15);2*1-2H3;1H. The van der Waals surface area contributed by atoms with Crippen LogP contribution in [0.5, 0.6) is 0 Å². The van der Waals surface area contributed by atoms with Crippen LogP contribution in [0.2, 0.25) is 0 Å². The summed E-state index contributed by atoms with van der Waals surface area (Å²) in [5.74, 6) is 0.643. The summed E-state index contributed by atoms with van der Waals surface area (Å²) in [5.41, 5.74) is 3.11. The third kappa shape index (κ3) is 6.00. The first kappa shape index (κ1) is 17.1. The lowest BCUT2D eigenvalue weighted by molar-refractivity contribution is 1.07. The minimum atomic E-state index is 0. The molecule has 2 rings (SSSR count). The minimum Gasteiger partial charge on any atom is -0.324 e. The van der Waals surface area contributed by atoms with Crippen molar-refractivity contribution in [1.82, 2.24) is 9.97 Å². The molecule has 1 heterocycles. The molecule has 0 atom stereocenters. The number of nitrogens with one attached hydrogen (secondary N) is 1. The van der Waals surface area contributed by atoms with Crippen molar-refractivity contribution < 1.29 is 1.43 Å². The van der Waals surface area contributed by atoms with Crippen molar-refractivity contribution in [2.45, 2.75) is 41.5 Å². The summed E-state index contributed by atoms with van der Waals surface area (Å²) < 4.78 is 0. The third-order valence-electron chi connectivity index (χ3n) is 2.25. The van der Waals surface area contributed by atoms with Gasteiger partial charge in [0, 0.05) is 19.0 Å². The Balaban J connectivity index is 0. The Morgan fingerprint density at radius 2 is 1.53 bits per heavy atom. The molecule has 0 aliphatic heterocycles. The molecule has 1 N–H and O–H groups in total. The maximum atomic E-state index is 4.35. The van der Waals surface area contributed by atoms with E-state index >= 15 is 0 Å². The molecule has 0 fully saturated rings. The number of hydrogen-bond donors (Lipinski definition) is 1. The Morgan fingerprint density at radius 1 is 0.947 bits per heavy atom. The molecule has 0 aliphatic rings. The van der Waals surface area contributed by atoms with Crippen molar-refractivity contribution >= 4 is 11.6 Å². The van der Waals surface area contributed by atoms with Crippen molar-refractivity contribution in [3.8, 4) is 0 Å². The van der Waals surface area contributed by atoms with Crippen LogP contribution in [-0.4, -0.2) is 9.97 Å². The van der Waals surface area contributed by atoms with Gasteiger partial charge in [0.1, 0.15) is 0 Å². The van der Waals surface area contributed by atoms with Crippen LogP contribution in [-0.2, 0) is 0 Å². The Kier molecular flexibility index (Phi) is 9.06. The van der Waals surface area contributed by atoms with Gasteiger partial charge in [0.25, 0.3) is 0 Å². The number of benzene rings is 1. The van der Waals surface area contributed by atoms with Crippen molar-refractivity contribution in [3.05, 3.63) is 47.8 Å². The van der Waals surface area contributed by atoms with E-state index < -0.39 is 0 Å². The van der Waals surface area contributed by atoms with Gasteiger partial charge in [-0.3, -0.25) is 0 Å². The molecular formula is C16H27N3. The molecule has 1 aromatic heterocycles. The molecule has 0 amide bonds. The summed E-state index contributed by atoms with van der Waals surface area (Å²) in [6.07, 6.45) is 1.83. The third-order valence-corrected chi connectivity index (χ3v) is 2.25. The first-order valence-corrected chi connectivity index (χ1v) is 6.88.